The third-order valence-corrected chi connectivity index (χ3v) is 4.21. The van der Waals surface area contributed by atoms with Gasteiger partial charge >= 0.3 is 0 Å². The zero-order valence-corrected chi connectivity index (χ0v) is 13.2. The van der Waals surface area contributed by atoms with Crippen molar-refractivity contribution in [3.8, 4) is 0 Å². The molecule has 5 nitrogen and oxygen atoms in total. The molecule has 2 rings (SSSR count). The van der Waals surface area contributed by atoms with Gasteiger partial charge in [-0.1, -0.05) is 25.4 Å². The predicted octanol–water partition coefficient (Wildman–Crippen LogP) is 3.77. The summed E-state index contributed by atoms with van der Waals surface area (Å²) in [5.41, 5.74) is 2.57. The minimum absolute atomic E-state index is 0.119. The first-order valence-corrected chi connectivity index (χ1v) is 7.56. The van der Waals surface area contributed by atoms with Gasteiger partial charge in [-0.3, -0.25) is 0 Å². The molecule has 1 unspecified atom stereocenters. The lowest BCUT2D eigenvalue weighted by atomic mass is 10.2. The van der Waals surface area contributed by atoms with Crippen LogP contribution in [-0.4, -0.2) is 9.97 Å². The number of aromatic nitrogens is 2. The van der Waals surface area contributed by atoms with Crippen molar-refractivity contribution in [1.29, 1.82) is 0 Å². The second-order valence-corrected chi connectivity index (χ2v) is 6.55. The van der Waals surface area contributed by atoms with Crippen molar-refractivity contribution in [2.75, 3.05) is 10.7 Å². The van der Waals surface area contributed by atoms with E-state index in [-0.39, 0.29) is 12.0 Å². The van der Waals surface area contributed by atoms with Gasteiger partial charge in [0.05, 0.1) is 10.4 Å². The van der Waals surface area contributed by atoms with Gasteiger partial charge in [-0.2, -0.15) is 0 Å². The van der Waals surface area contributed by atoms with Crippen LogP contribution in [0.25, 0.3) is 0 Å². The van der Waals surface area contributed by atoms with Crippen LogP contribution in [0.1, 0.15) is 43.4 Å². The number of rotatable bonds is 5. The first kappa shape index (κ1) is 15.0. The quantitative estimate of drug-likeness (QED) is 0.579. The van der Waals surface area contributed by atoms with Crippen molar-refractivity contribution in [2.24, 2.45) is 5.84 Å². The number of thiophene rings is 1. The molecule has 0 saturated carbocycles. The van der Waals surface area contributed by atoms with Gasteiger partial charge in [0.25, 0.3) is 0 Å². The van der Waals surface area contributed by atoms with Crippen LogP contribution in [0, 0.1) is 0 Å². The molecular weight excluding hydrogens is 294 g/mol. The van der Waals surface area contributed by atoms with Crippen LogP contribution < -0.4 is 16.6 Å². The van der Waals surface area contributed by atoms with Gasteiger partial charge in [0.1, 0.15) is 17.5 Å². The van der Waals surface area contributed by atoms with Crippen LogP contribution in [0.3, 0.4) is 0 Å². The highest BCUT2D eigenvalue weighted by atomic mass is 35.5. The molecule has 0 saturated heterocycles. The molecule has 2 aromatic heterocycles. The van der Waals surface area contributed by atoms with E-state index in [2.05, 4.69) is 27.6 Å². The number of hydrogen-bond acceptors (Lipinski definition) is 6. The zero-order chi connectivity index (χ0) is 14.7. The first-order valence-electron chi connectivity index (χ1n) is 6.37. The molecule has 4 N–H and O–H groups in total. The number of nitrogens with two attached hydrogens (primary N) is 1. The zero-order valence-electron chi connectivity index (χ0n) is 11.6. The van der Waals surface area contributed by atoms with E-state index in [1.165, 1.54) is 0 Å². The summed E-state index contributed by atoms with van der Waals surface area (Å²) in [5, 5.41) is 3.35. The van der Waals surface area contributed by atoms with Gasteiger partial charge in [0.15, 0.2) is 0 Å². The fourth-order valence-electron chi connectivity index (χ4n) is 1.73. The van der Waals surface area contributed by atoms with Crippen LogP contribution >= 0.6 is 22.9 Å². The number of hydrogen-bond donors (Lipinski definition) is 3. The maximum atomic E-state index is 5.96. The molecule has 0 bridgehead atoms. The number of nitrogens with one attached hydrogen (secondary N) is 2. The summed E-state index contributed by atoms with van der Waals surface area (Å²) in [6.07, 6.45) is 0. The van der Waals surface area contributed by atoms with Gasteiger partial charge in [-0.05, 0) is 19.1 Å². The summed E-state index contributed by atoms with van der Waals surface area (Å²) >= 11 is 7.52. The Kier molecular flexibility index (Phi) is 4.80. The van der Waals surface area contributed by atoms with E-state index in [4.69, 9.17) is 17.4 Å². The maximum absolute atomic E-state index is 5.96. The number of hydrazine groups is 1. The largest absolute Gasteiger partial charge is 0.363 e. The minimum Gasteiger partial charge on any atom is -0.363 e. The third kappa shape index (κ3) is 3.59. The first-order chi connectivity index (χ1) is 9.49. The van der Waals surface area contributed by atoms with E-state index in [0.717, 1.165) is 20.9 Å². The molecule has 0 aliphatic rings. The van der Waals surface area contributed by atoms with Gasteiger partial charge in [0.2, 0.25) is 0 Å². The lowest BCUT2D eigenvalue weighted by Crippen LogP contribution is -2.14. The second kappa shape index (κ2) is 6.39. The van der Waals surface area contributed by atoms with Crippen molar-refractivity contribution >= 4 is 34.6 Å². The van der Waals surface area contributed by atoms with Gasteiger partial charge in [-0.25, -0.2) is 15.8 Å². The van der Waals surface area contributed by atoms with E-state index in [1.54, 1.807) is 17.4 Å². The van der Waals surface area contributed by atoms with Gasteiger partial charge in [0, 0.05) is 16.9 Å². The average Bonchev–Trinajstić information content (AvgIpc) is 2.85. The molecule has 0 radical (unpaired) electrons. The Hall–Kier alpha value is -1.37. The smallest absolute Gasteiger partial charge is 0.145 e. The van der Waals surface area contributed by atoms with Gasteiger partial charge < -0.3 is 10.7 Å². The van der Waals surface area contributed by atoms with Gasteiger partial charge in [-0.15, -0.1) is 11.3 Å². The molecule has 0 spiro atoms. The van der Waals surface area contributed by atoms with E-state index in [0.29, 0.717) is 5.82 Å². The summed E-state index contributed by atoms with van der Waals surface area (Å²) < 4.78 is 0.781. The summed E-state index contributed by atoms with van der Waals surface area (Å²) in [6.45, 7) is 6.15. The van der Waals surface area contributed by atoms with Crippen molar-refractivity contribution in [2.45, 2.75) is 32.7 Å². The maximum Gasteiger partial charge on any atom is 0.145 e. The Labute approximate surface area is 127 Å². The van der Waals surface area contributed by atoms with Crippen LogP contribution in [0.5, 0.6) is 0 Å². The van der Waals surface area contributed by atoms with Crippen molar-refractivity contribution < 1.29 is 0 Å². The Morgan fingerprint density at radius 2 is 1.90 bits per heavy atom. The highest BCUT2D eigenvalue weighted by molar-refractivity contribution is 7.16. The van der Waals surface area contributed by atoms with E-state index < -0.39 is 0 Å². The van der Waals surface area contributed by atoms with E-state index >= 15 is 0 Å². The van der Waals surface area contributed by atoms with E-state index in [1.807, 2.05) is 26.0 Å². The van der Waals surface area contributed by atoms with Crippen LogP contribution in [0.4, 0.5) is 11.6 Å². The Morgan fingerprint density at radius 3 is 2.45 bits per heavy atom. The Morgan fingerprint density at radius 1 is 1.20 bits per heavy atom. The molecule has 0 aromatic carbocycles. The standard InChI is InChI=1S/C13H18ClN5S/c1-7(2)13-17-11(6-12(18-13)19-15)16-8(3)9-4-5-10(14)20-9/h4-8H,15H2,1-3H3,(H2,16,17,18,19). The number of nitrogen functional groups attached to an aromatic ring is 1. The summed E-state index contributed by atoms with van der Waals surface area (Å²) in [5.74, 6) is 7.77. The average molecular weight is 312 g/mol. The molecule has 0 aliphatic carbocycles. The fourth-order valence-corrected chi connectivity index (χ4v) is 2.79. The molecule has 0 aliphatic heterocycles. The molecule has 108 valence electrons. The lowest BCUT2D eigenvalue weighted by Gasteiger charge is -2.15. The monoisotopic (exact) mass is 311 g/mol. The van der Waals surface area contributed by atoms with Crippen molar-refractivity contribution in [1.82, 2.24) is 9.97 Å². The molecule has 2 aromatic rings. The summed E-state index contributed by atoms with van der Waals surface area (Å²) in [4.78, 5) is 9.99. The second-order valence-electron chi connectivity index (χ2n) is 4.80. The molecule has 0 fully saturated rings. The van der Waals surface area contributed by atoms with Crippen molar-refractivity contribution in [3.05, 3.63) is 33.2 Å². The number of anilines is 2. The topological polar surface area (TPSA) is 75.9 Å². The molecule has 7 heteroatoms. The third-order valence-electron chi connectivity index (χ3n) is 2.79. The predicted molar refractivity (Wildman–Crippen MR) is 85.3 cm³/mol. The number of halogens is 1. The summed E-state index contributed by atoms with van der Waals surface area (Å²) in [7, 11) is 0. The molecule has 1 atom stereocenters. The molecular formula is C13H18ClN5S. The Balaban J connectivity index is 2.21. The molecule has 0 amide bonds. The molecule has 2 heterocycles. The van der Waals surface area contributed by atoms with Crippen LogP contribution in [0.15, 0.2) is 18.2 Å². The number of nitrogens with zero attached hydrogens (tertiary/aromatic N) is 2. The molecule has 20 heavy (non-hydrogen) atoms. The van der Waals surface area contributed by atoms with Crippen molar-refractivity contribution in [3.63, 3.8) is 0 Å². The van der Waals surface area contributed by atoms with Crippen LogP contribution in [-0.2, 0) is 0 Å². The van der Waals surface area contributed by atoms with Crippen LogP contribution in [0.2, 0.25) is 4.34 Å². The fraction of sp³-hybridized carbons (Fsp3) is 0.385. The SMILES string of the molecule is CC(C)c1nc(NN)cc(NC(C)c2ccc(Cl)s2)n1. The lowest BCUT2D eigenvalue weighted by molar-refractivity contribution is 0.770. The highest BCUT2D eigenvalue weighted by Gasteiger charge is 2.12. The van der Waals surface area contributed by atoms with E-state index in [9.17, 15) is 0 Å². The normalized spacial score (nSPS) is 12.5. The Bertz CT molecular complexity index is 584. The summed E-state index contributed by atoms with van der Waals surface area (Å²) in [6, 6.07) is 5.81. The minimum atomic E-state index is 0.119. The highest BCUT2D eigenvalue weighted by Crippen LogP contribution is 2.29.